The molecule has 0 amide bonds. The molecule has 0 radical (unpaired) electrons. The SMILES string of the molecule is C=NC(=N/C(=C(\C)F)c1cc(F)c2c(c1)N(C(C)C)CCO2)Nc1ccc(CN2CCCCS2(=O)=O)c(F)c1. The maximum absolute atomic E-state index is 15.0. The maximum atomic E-state index is 15.0. The van der Waals surface area contributed by atoms with Gasteiger partial charge in [-0.1, -0.05) is 6.07 Å². The molecule has 1 N–H and O–H groups in total. The predicted octanol–water partition coefficient (Wildman–Crippen LogP) is 5.32. The highest BCUT2D eigenvalue weighted by Gasteiger charge is 2.27. The van der Waals surface area contributed by atoms with Crippen molar-refractivity contribution in [3.63, 3.8) is 0 Å². The van der Waals surface area contributed by atoms with Crippen molar-refractivity contribution in [2.45, 2.75) is 46.2 Å². The van der Waals surface area contributed by atoms with Gasteiger partial charge in [0.1, 0.15) is 23.9 Å². The molecule has 2 aliphatic heterocycles. The van der Waals surface area contributed by atoms with E-state index in [1.54, 1.807) is 6.07 Å². The lowest BCUT2D eigenvalue weighted by atomic mass is 10.1. The molecule has 12 heteroatoms. The summed E-state index contributed by atoms with van der Waals surface area (Å²) in [6.45, 7) is 9.76. The Morgan fingerprint density at radius 1 is 1.15 bits per heavy atom. The number of aliphatic imine (C=N–C) groups is 2. The van der Waals surface area contributed by atoms with Crippen LogP contribution in [0.4, 0.5) is 24.5 Å². The fourth-order valence-electron chi connectivity index (χ4n) is 4.61. The fraction of sp³-hybridized carbons (Fsp3) is 0.407. The van der Waals surface area contributed by atoms with Gasteiger partial charge in [-0.3, -0.25) is 0 Å². The lowest BCUT2D eigenvalue weighted by Crippen LogP contribution is -2.38. The van der Waals surface area contributed by atoms with E-state index in [1.807, 2.05) is 18.7 Å². The van der Waals surface area contributed by atoms with Crippen LogP contribution >= 0.6 is 0 Å². The van der Waals surface area contributed by atoms with Crippen molar-refractivity contribution in [1.82, 2.24) is 4.31 Å². The van der Waals surface area contributed by atoms with Gasteiger partial charge in [-0.25, -0.2) is 31.6 Å². The summed E-state index contributed by atoms with van der Waals surface area (Å²) in [6, 6.07) is 7.01. The summed E-state index contributed by atoms with van der Waals surface area (Å²) in [5.41, 5.74) is 0.964. The molecule has 0 aliphatic carbocycles. The number of allylic oxidation sites excluding steroid dienone is 1. The van der Waals surface area contributed by atoms with Crippen LogP contribution in [-0.4, -0.2) is 56.9 Å². The van der Waals surface area contributed by atoms with E-state index in [-0.39, 0.29) is 52.6 Å². The van der Waals surface area contributed by atoms with Crippen LogP contribution in [-0.2, 0) is 16.6 Å². The zero-order valence-electron chi connectivity index (χ0n) is 22.2. The zero-order valence-corrected chi connectivity index (χ0v) is 23.0. The summed E-state index contributed by atoms with van der Waals surface area (Å²) >= 11 is 0. The van der Waals surface area contributed by atoms with Crippen molar-refractivity contribution < 1.29 is 26.3 Å². The highest BCUT2D eigenvalue weighted by molar-refractivity contribution is 7.89. The first-order chi connectivity index (χ1) is 18.5. The van der Waals surface area contributed by atoms with E-state index in [1.165, 1.54) is 29.4 Å². The molecular formula is C27H32F3N5O3S. The first kappa shape index (κ1) is 28.6. The molecule has 0 unspecified atom stereocenters. The van der Waals surface area contributed by atoms with Crippen molar-refractivity contribution in [2.75, 3.05) is 35.7 Å². The average Bonchev–Trinajstić information content (AvgIpc) is 2.88. The molecule has 4 rings (SSSR count). The maximum Gasteiger partial charge on any atom is 0.227 e. The van der Waals surface area contributed by atoms with Gasteiger partial charge in [-0.2, -0.15) is 4.31 Å². The first-order valence-electron chi connectivity index (χ1n) is 12.7. The van der Waals surface area contributed by atoms with Crippen LogP contribution in [0.15, 0.2) is 46.1 Å². The topological polar surface area (TPSA) is 86.6 Å². The number of anilines is 2. The molecule has 0 saturated carbocycles. The first-order valence-corrected chi connectivity index (χ1v) is 14.3. The minimum Gasteiger partial charge on any atom is -0.486 e. The van der Waals surface area contributed by atoms with Gasteiger partial charge in [-0.15, -0.1) is 0 Å². The predicted molar refractivity (Wildman–Crippen MR) is 149 cm³/mol. The number of nitrogens with one attached hydrogen (secondary N) is 1. The summed E-state index contributed by atoms with van der Waals surface area (Å²) in [5, 5.41) is 2.79. The molecule has 8 nitrogen and oxygen atoms in total. The van der Waals surface area contributed by atoms with Crippen LogP contribution in [0.25, 0.3) is 5.70 Å². The second kappa shape index (κ2) is 11.8. The number of hydrogen-bond acceptors (Lipinski definition) is 5. The zero-order chi connectivity index (χ0) is 28.3. The summed E-state index contributed by atoms with van der Waals surface area (Å²) in [4.78, 5) is 9.99. The van der Waals surface area contributed by atoms with E-state index >= 15 is 0 Å². The molecule has 210 valence electrons. The molecule has 2 heterocycles. The normalized spacial score (nSPS) is 18.3. The van der Waals surface area contributed by atoms with Gasteiger partial charge >= 0.3 is 0 Å². The number of hydrogen-bond donors (Lipinski definition) is 1. The number of rotatable bonds is 6. The Hall–Kier alpha value is -3.38. The van der Waals surface area contributed by atoms with E-state index in [4.69, 9.17) is 4.74 Å². The standard InChI is InChI=1S/C27H32F3N5O3S/c1-17(2)35-10-11-38-26-23(30)13-20(14-24(26)35)25(18(3)28)33-27(31-4)32-21-8-7-19(22(29)15-21)16-34-9-5-6-12-39(34,36)37/h7-8,13-15,17H,4-6,9-12,16H2,1-3H3,(H,32,33)/b25-18+. The summed E-state index contributed by atoms with van der Waals surface area (Å²) in [7, 11) is -3.41. The van der Waals surface area contributed by atoms with Gasteiger partial charge < -0.3 is 15.0 Å². The average molecular weight is 564 g/mol. The van der Waals surface area contributed by atoms with Gasteiger partial charge in [0.15, 0.2) is 11.6 Å². The van der Waals surface area contributed by atoms with E-state index in [0.717, 1.165) is 12.5 Å². The third-order valence-corrected chi connectivity index (χ3v) is 8.51. The second-order valence-corrected chi connectivity index (χ2v) is 11.8. The fourth-order valence-corrected chi connectivity index (χ4v) is 6.18. The number of nitrogens with zero attached hydrogens (tertiary/aromatic N) is 4. The third kappa shape index (κ3) is 6.44. The van der Waals surface area contributed by atoms with Crippen LogP contribution < -0.4 is 15.0 Å². The van der Waals surface area contributed by atoms with Crippen LogP contribution in [0.1, 0.15) is 44.7 Å². The summed E-state index contributed by atoms with van der Waals surface area (Å²) in [5.74, 6) is -1.92. The van der Waals surface area contributed by atoms with E-state index < -0.39 is 27.5 Å². The largest absolute Gasteiger partial charge is 0.486 e. The van der Waals surface area contributed by atoms with Crippen molar-refractivity contribution in [2.24, 2.45) is 9.98 Å². The monoisotopic (exact) mass is 563 g/mol. The molecule has 0 spiro atoms. The number of sulfonamides is 1. The Bertz CT molecular complexity index is 1420. The molecule has 0 atom stereocenters. The molecule has 39 heavy (non-hydrogen) atoms. The number of fused-ring (bicyclic) bond motifs is 1. The summed E-state index contributed by atoms with van der Waals surface area (Å²) in [6.07, 6.45) is 1.32. The highest BCUT2D eigenvalue weighted by atomic mass is 32.2. The van der Waals surface area contributed by atoms with E-state index in [2.05, 4.69) is 22.0 Å². The Morgan fingerprint density at radius 3 is 2.56 bits per heavy atom. The molecule has 1 fully saturated rings. The van der Waals surface area contributed by atoms with Gasteiger partial charge in [-0.05, 0) is 64.6 Å². The smallest absolute Gasteiger partial charge is 0.227 e. The molecule has 2 aliphatic rings. The highest BCUT2D eigenvalue weighted by Crippen LogP contribution is 2.39. The molecular weight excluding hydrogens is 531 g/mol. The van der Waals surface area contributed by atoms with Crippen molar-refractivity contribution in [1.29, 1.82) is 0 Å². The van der Waals surface area contributed by atoms with Gasteiger partial charge in [0, 0.05) is 35.9 Å². The number of benzene rings is 2. The minimum atomic E-state index is -3.41. The van der Waals surface area contributed by atoms with Crippen LogP contribution in [0.5, 0.6) is 5.75 Å². The number of halogens is 3. The molecule has 0 bridgehead atoms. The Labute approximate surface area is 226 Å². The quantitative estimate of drug-likeness (QED) is 0.380. The van der Waals surface area contributed by atoms with Crippen LogP contribution in [0, 0.1) is 11.6 Å². The minimum absolute atomic E-state index is 0.0551. The number of ether oxygens (including phenoxy) is 1. The Kier molecular flexibility index (Phi) is 8.65. The van der Waals surface area contributed by atoms with Gasteiger partial charge in [0.05, 0.1) is 18.0 Å². The van der Waals surface area contributed by atoms with Crippen LogP contribution in [0.3, 0.4) is 0 Å². The molecule has 2 aromatic carbocycles. The lowest BCUT2D eigenvalue weighted by Gasteiger charge is -2.34. The van der Waals surface area contributed by atoms with E-state index in [9.17, 15) is 21.6 Å². The molecule has 1 saturated heterocycles. The van der Waals surface area contributed by atoms with Gasteiger partial charge in [0.2, 0.25) is 16.0 Å². The third-order valence-electron chi connectivity index (χ3n) is 6.61. The summed E-state index contributed by atoms with van der Waals surface area (Å²) < 4.78 is 75.9. The van der Waals surface area contributed by atoms with Crippen molar-refractivity contribution >= 4 is 39.8 Å². The lowest BCUT2D eigenvalue weighted by molar-refractivity contribution is 0.287. The van der Waals surface area contributed by atoms with Gasteiger partial charge in [0.25, 0.3) is 0 Å². The number of guanidine groups is 1. The molecule has 2 aromatic rings. The van der Waals surface area contributed by atoms with Crippen molar-refractivity contribution in [3.05, 3.63) is 58.9 Å². The molecule has 0 aromatic heterocycles. The van der Waals surface area contributed by atoms with E-state index in [0.29, 0.717) is 31.8 Å². The van der Waals surface area contributed by atoms with Crippen molar-refractivity contribution in [3.8, 4) is 5.75 Å². The Balaban J connectivity index is 1.60. The second-order valence-electron chi connectivity index (χ2n) is 9.71. The Morgan fingerprint density at radius 2 is 1.92 bits per heavy atom. The van der Waals surface area contributed by atoms with Crippen LogP contribution in [0.2, 0.25) is 0 Å².